The van der Waals surface area contributed by atoms with Gasteiger partial charge in [0.2, 0.25) is 0 Å². The maximum Gasteiger partial charge on any atom is 0.0541 e. The molecule has 0 saturated heterocycles. The third kappa shape index (κ3) is 3.93. The minimum absolute atomic E-state index is 0.0894. The Morgan fingerprint density at radius 3 is 1.40 bits per heavy atom. The number of benzene rings is 5. The molecule has 2 nitrogen and oxygen atoms in total. The van der Waals surface area contributed by atoms with Crippen molar-refractivity contribution in [2.45, 2.75) is 46.5 Å². The highest BCUT2D eigenvalue weighted by Crippen LogP contribution is 2.40. The van der Waals surface area contributed by atoms with Gasteiger partial charge in [0.1, 0.15) is 0 Å². The van der Waals surface area contributed by atoms with Gasteiger partial charge in [-0.05, 0) is 71.3 Å². The lowest BCUT2D eigenvalue weighted by Gasteiger charge is -2.33. The lowest BCUT2D eigenvalue weighted by molar-refractivity contribution is 0.284. The van der Waals surface area contributed by atoms with Crippen LogP contribution in [0, 0.1) is 5.41 Å². The van der Waals surface area contributed by atoms with Crippen LogP contribution in [0.2, 0.25) is 0 Å². The van der Waals surface area contributed by atoms with E-state index >= 15 is 0 Å². The Labute approximate surface area is 236 Å². The topological polar surface area (TPSA) is 9.86 Å². The Morgan fingerprint density at radius 1 is 0.450 bits per heavy atom. The van der Waals surface area contributed by atoms with E-state index in [1.165, 1.54) is 60.5 Å². The zero-order valence-corrected chi connectivity index (χ0v) is 24.1. The van der Waals surface area contributed by atoms with Crippen molar-refractivity contribution in [1.29, 1.82) is 0 Å². The number of rotatable bonds is 4. The molecule has 0 atom stereocenters. The first-order valence-corrected chi connectivity index (χ1v) is 14.3. The Balaban J connectivity index is 1.45. The maximum absolute atomic E-state index is 2.44. The molecule has 7 rings (SSSR count). The van der Waals surface area contributed by atoms with Gasteiger partial charge >= 0.3 is 0 Å². The molecule has 0 spiro atoms. The number of aromatic nitrogens is 2. The minimum atomic E-state index is 0.0894. The number of hydrogen-bond acceptors (Lipinski definition) is 0. The number of fused-ring (bicyclic) bond motifs is 6. The minimum Gasteiger partial charge on any atom is -0.309 e. The summed E-state index contributed by atoms with van der Waals surface area (Å²) in [4.78, 5) is 0. The zero-order chi connectivity index (χ0) is 27.6. The third-order valence-electron chi connectivity index (χ3n) is 8.35. The summed E-state index contributed by atoms with van der Waals surface area (Å²) in [7, 11) is 0. The first-order valence-electron chi connectivity index (χ1n) is 14.3. The second-order valence-corrected chi connectivity index (χ2v) is 13.1. The first-order chi connectivity index (χ1) is 19.2. The van der Waals surface area contributed by atoms with Gasteiger partial charge < -0.3 is 9.13 Å². The summed E-state index contributed by atoms with van der Waals surface area (Å²) in [6, 6.07) is 42.4. The van der Waals surface area contributed by atoms with Crippen LogP contribution in [0.3, 0.4) is 0 Å². The summed E-state index contributed by atoms with van der Waals surface area (Å²) >= 11 is 0. The molecule has 40 heavy (non-hydrogen) atoms. The average molecular weight is 521 g/mol. The molecule has 2 heteroatoms. The van der Waals surface area contributed by atoms with E-state index < -0.39 is 0 Å². The molecule has 0 aliphatic heterocycles. The van der Waals surface area contributed by atoms with Gasteiger partial charge in [0.05, 0.1) is 22.1 Å². The van der Waals surface area contributed by atoms with Crippen LogP contribution in [0.25, 0.3) is 55.0 Å². The highest BCUT2D eigenvalue weighted by molar-refractivity contribution is 6.10. The normalized spacial score (nSPS) is 12.7. The van der Waals surface area contributed by atoms with Crippen LogP contribution in [0.4, 0.5) is 0 Å². The Hall–Kier alpha value is -4.30. The fourth-order valence-electron chi connectivity index (χ4n) is 7.07. The summed E-state index contributed by atoms with van der Waals surface area (Å²) in [5.41, 5.74) is 9.04. The van der Waals surface area contributed by atoms with Crippen LogP contribution < -0.4 is 0 Å². The molecule has 198 valence electrons. The van der Waals surface area contributed by atoms with Crippen LogP contribution in [0.1, 0.15) is 46.6 Å². The van der Waals surface area contributed by atoms with Crippen molar-refractivity contribution in [3.63, 3.8) is 0 Å². The second-order valence-electron chi connectivity index (χ2n) is 13.1. The van der Waals surface area contributed by atoms with Crippen LogP contribution in [-0.2, 0) is 5.41 Å². The average Bonchev–Trinajstić information content (AvgIpc) is 3.45. The largest absolute Gasteiger partial charge is 0.309 e. The van der Waals surface area contributed by atoms with Gasteiger partial charge in [0, 0.05) is 32.9 Å². The summed E-state index contributed by atoms with van der Waals surface area (Å²) in [5, 5.41) is 5.18. The van der Waals surface area contributed by atoms with Gasteiger partial charge in [0.15, 0.2) is 0 Å². The predicted molar refractivity (Wildman–Crippen MR) is 172 cm³/mol. The van der Waals surface area contributed by atoms with E-state index in [1.807, 2.05) is 0 Å². The zero-order valence-electron chi connectivity index (χ0n) is 24.1. The molecule has 2 heterocycles. The lowest BCUT2D eigenvalue weighted by atomic mass is 9.72. The fourth-order valence-corrected chi connectivity index (χ4v) is 7.07. The number of para-hydroxylation sites is 3. The monoisotopic (exact) mass is 520 g/mol. The van der Waals surface area contributed by atoms with Crippen molar-refractivity contribution in [3.8, 4) is 11.4 Å². The first kappa shape index (κ1) is 24.7. The van der Waals surface area contributed by atoms with E-state index in [0.29, 0.717) is 0 Å². The predicted octanol–water partition coefficient (Wildman–Crippen LogP) is 10.6. The van der Waals surface area contributed by atoms with Gasteiger partial charge in [-0.25, -0.2) is 0 Å². The summed E-state index contributed by atoms with van der Waals surface area (Å²) < 4.78 is 4.83. The van der Waals surface area contributed by atoms with Crippen molar-refractivity contribution < 1.29 is 0 Å². The lowest BCUT2D eigenvalue weighted by Crippen LogP contribution is -2.24. The molecule has 0 unspecified atom stereocenters. The molecular weight excluding hydrogens is 484 g/mol. The van der Waals surface area contributed by atoms with E-state index in [1.54, 1.807) is 0 Å². The molecule has 0 bridgehead atoms. The smallest absolute Gasteiger partial charge is 0.0541 e. The molecule has 0 aliphatic carbocycles. The molecule has 0 amide bonds. The van der Waals surface area contributed by atoms with Crippen molar-refractivity contribution in [3.05, 3.63) is 121 Å². The van der Waals surface area contributed by atoms with Crippen molar-refractivity contribution in [1.82, 2.24) is 9.13 Å². The summed E-state index contributed by atoms with van der Waals surface area (Å²) in [5.74, 6) is 0. The number of hydrogen-bond donors (Lipinski definition) is 0. The Morgan fingerprint density at radius 2 is 0.900 bits per heavy atom. The van der Waals surface area contributed by atoms with Crippen molar-refractivity contribution >= 4 is 43.6 Å². The molecular formula is C38H36N2. The molecule has 2 aromatic heterocycles. The van der Waals surface area contributed by atoms with E-state index in [-0.39, 0.29) is 10.8 Å². The van der Waals surface area contributed by atoms with E-state index in [9.17, 15) is 0 Å². The number of nitrogens with zero attached hydrogens (tertiary/aromatic N) is 2. The van der Waals surface area contributed by atoms with Crippen LogP contribution >= 0.6 is 0 Å². The quantitative estimate of drug-likeness (QED) is 0.218. The van der Waals surface area contributed by atoms with Crippen molar-refractivity contribution in [2.75, 3.05) is 0 Å². The van der Waals surface area contributed by atoms with Gasteiger partial charge in [-0.3, -0.25) is 0 Å². The molecule has 0 fully saturated rings. The molecule has 7 aromatic rings. The standard InChI is InChI=1S/C38H36N2/c1-37(2,3)25-38(4,5)26-21-22-36-32(23-26)31-17-8-11-20-35(31)40(36)28-14-12-13-27(24-28)39-33-18-9-6-15-29(33)30-16-7-10-19-34(30)39/h6-24H,25H2,1-5H3. The summed E-state index contributed by atoms with van der Waals surface area (Å²) in [6.07, 6.45) is 1.13. The fraction of sp³-hybridized carbons (Fsp3) is 0.211. The highest BCUT2D eigenvalue weighted by atomic mass is 15.0. The Bertz CT molecular complexity index is 1990. The molecule has 5 aromatic carbocycles. The molecule has 0 saturated carbocycles. The van der Waals surface area contributed by atoms with Gasteiger partial charge in [-0.15, -0.1) is 0 Å². The second kappa shape index (κ2) is 8.86. The van der Waals surface area contributed by atoms with E-state index in [0.717, 1.165) is 6.42 Å². The molecule has 0 N–H and O–H groups in total. The van der Waals surface area contributed by atoms with Gasteiger partial charge in [-0.2, -0.15) is 0 Å². The van der Waals surface area contributed by atoms with E-state index in [4.69, 9.17) is 0 Å². The Kier molecular flexibility index (Phi) is 5.47. The van der Waals surface area contributed by atoms with Crippen LogP contribution in [-0.4, -0.2) is 9.13 Å². The maximum atomic E-state index is 2.44. The van der Waals surface area contributed by atoms with Crippen LogP contribution in [0.15, 0.2) is 115 Å². The molecule has 0 radical (unpaired) electrons. The third-order valence-corrected chi connectivity index (χ3v) is 8.35. The van der Waals surface area contributed by atoms with Gasteiger partial charge in [0.25, 0.3) is 0 Å². The molecule has 0 aliphatic rings. The highest BCUT2D eigenvalue weighted by Gasteiger charge is 2.28. The van der Waals surface area contributed by atoms with Crippen LogP contribution in [0.5, 0.6) is 0 Å². The SMILES string of the molecule is CC(C)(C)CC(C)(C)c1ccc2c(c1)c1ccccc1n2-c1cccc(-n2c3ccccc3c3ccccc32)c1. The van der Waals surface area contributed by atoms with E-state index in [2.05, 4.69) is 159 Å². The van der Waals surface area contributed by atoms with Crippen molar-refractivity contribution in [2.24, 2.45) is 5.41 Å². The summed E-state index contributed by atoms with van der Waals surface area (Å²) in [6.45, 7) is 11.8. The van der Waals surface area contributed by atoms with Gasteiger partial charge in [-0.1, -0.05) is 101 Å².